The summed E-state index contributed by atoms with van der Waals surface area (Å²) in [4.78, 5) is 12.2. The molecular weight excluding hydrogens is 354 g/mol. The van der Waals surface area contributed by atoms with Crippen LogP contribution in [-0.4, -0.2) is 65.8 Å². The van der Waals surface area contributed by atoms with E-state index in [-0.39, 0.29) is 17.9 Å². The molecule has 1 fully saturated rings. The number of nitrogen functional groups attached to an aromatic ring is 1. The number of imidazole rings is 1. The molecule has 0 aliphatic carbocycles. The molecule has 11 heteroatoms. The number of rotatable bonds is 8. The van der Waals surface area contributed by atoms with Crippen LogP contribution in [-0.2, 0) is 10.6 Å². The molecule has 2 aromatic rings. The second-order valence-corrected chi connectivity index (χ2v) is 6.90. The van der Waals surface area contributed by atoms with Crippen molar-refractivity contribution in [3.8, 4) is 0 Å². The Morgan fingerprint density at radius 2 is 1.93 bits per heavy atom. The van der Waals surface area contributed by atoms with Crippen molar-refractivity contribution in [2.45, 2.75) is 55.8 Å². The van der Waals surface area contributed by atoms with Crippen LogP contribution in [0.1, 0.15) is 32.1 Å². The molecular formula is C16H27N7O4. The van der Waals surface area contributed by atoms with Gasteiger partial charge in [0.15, 0.2) is 17.1 Å². The molecule has 11 nitrogen and oxygen atoms in total. The van der Waals surface area contributed by atoms with Crippen molar-refractivity contribution >= 4 is 17.0 Å². The molecule has 0 saturated carbocycles. The van der Waals surface area contributed by atoms with E-state index in [9.17, 15) is 15.3 Å². The zero-order chi connectivity index (χ0) is 19.7. The number of hydrogen-bond acceptors (Lipinski definition) is 10. The molecule has 27 heavy (non-hydrogen) atoms. The predicted octanol–water partition coefficient (Wildman–Crippen LogP) is -1.63. The third kappa shape index (κ3) is 3.16. The van der Waals surface area contributed by atoms with Crippen molar-refractivity contribution in [2.24, 2.45) is 11.5 Å². The second kappa shape index (κ2) is 7.62. The standard InChI is InChI=1S/C16H27N7O4/c17-6-4-2-1-3-5-15(26)12(25)10(7-24)27-16(15,19)23-9-22-11-13(18)20-8-21-14(11)23/h8-10,12,24-26H,1-7,17,19H2,(H2,18,20,21)/t10-,12-,15-,16+/m1/s1. The third-order valence-corrected chi connectivity index (χ3v) is 5.20. The van der Waals surface area contributed by atoms with Gasteiger partial charge in [-0.3, -0.25) is 10.3 Å². The van der Waals surface area contributed by atoms with Gasteiger partial charge in [-0.2, -0.15) is 0 Å². The van der Waals surface area contributed by atoms with E-state index in [0.29, 0.717) is 18.5 Å². The van der Waals surface area contributed by atoms with Gasteiger partial charge in [-0.25, -0.2) is 15.0 Å². The second-order valence-electron chi connectivity index (χ2n) is 6.90. The Kier molecular flexibility index (Phi) is 5.60. The molecule has 0 spiro atoms. The highest BCUT2D eigenvalue weighted by atomic mass is 16.6. The molecule has 150 valence electrons. The number of nitrogens with two attached hydrogens (primary N) is 3. The normalized spacial score (nSPS) is 31.0. The maximum Gasteiger partial charge on any atom is 0.234 e. The zero-order valence-corrected chi connectivity index (χ0v) is 15.0. The number of aliphatic hydroxyl groups excluding tert-OH is 2. The van der Waals surface area contributed by atoms with Gasteiger partial charge in [-0.05, 0) is 19.4 Å². The van der Waals surface area contributed by atoms with Crippen molar-refractivity contribution < 1.29 is 20.1 Å². The van der Waals surface area contributed by atoms with E-state index in [0.717, 1.165) is 19.3 Å². The van der Waals surface area contributed by atoms with Gasteiger partial charge < -0.3 is 31.5 Å². The average molecular weight is 381 g/mol. The molecule has 3 heterocycles. The van der Waals surface area contributed by atoms with E-state index < -0.39 is 30.3 Å². The summed E-state index contributed by atoms with van der Waals surface area (Å²) in [5.41, 5.74) is 16.5. The molecule has 9 N–H and O–H groups in total. The van der Waals surface area contributed by atoms with Crippen LogP contribution in [0.25, 0.3) is 11.2 Å². The molecule has 0 unspecified atom stereocenters. The summed E-state index contributed by atoms with van der Waals surface area (Å²) in [6.45, 7) is 0.102. The zero-order valence-electron chi connectivity index (χ0n) is 15.0. The minimum atomic E-state index is -1.89. The van der Waals surface area contributed by atoms with Crippen LogP contribution in [0, 0.1) is 0 Å². The van der Waals surface area contributed by atoms with E-state index in [1.165, 1.54) is 17.2 Å². The van der Waals surface area contributed by atoms with Gasteiger partial charge in [-0.15, -0.1) is 0 Å². The van der Waals surface area contributed by atoms with Crippen LogP contribution < -0.4 is 17.2 Å². The lowest BCUT2D eigenvalue weighted by Crippen LogP contribution is -2.62. The van der Waals surface area contributed by atoms with Gasteiger partial charge >= 0.3 is 0 Å². The number of aromatic nitrogens is 4. The summed E-state index contributed by atoms with van der Waals surface area (Å²) >= 11 is 0. The lowest BCUT2D eigenvalue weighted by atomic mass is 9.85. The minimum Gasteiger partial charge on any atom is -0.394 e. The van der Waals surface area contributed by atoms with E-state index >= 15 is 0 Å². The van der Waals surface area contributed by atoms with E-state index in [1.807, 2.05) is 0 Å². The van der Waals surface area contributed by atoms with Crippen LogP contribution in [0.15, 0.2) is 12.7 Å². The maximum absolute atomic E-state index is 11.4. The topological polar surface area (TPSA) is 192 Å². The van der Waals surface area contributed by atoms with Gasteiger partial charge in [0.25, 0.3) is 0 Å². The summed E-state index contributed by atoms with van der Waals surface area (Å²) in [6, 6.07) is 0. The Morgan fingerprint density at radius 3 is 2.63 bits per heavy atom. The molecule has 2 aromatic heterocycles. The van der Waals surface area contributed by atoms with Crippen molar-refractivity contribution in [1.82, 2.24) is 19.5 Å². The highest BCUT2D eigenvalue weighted by Crippen LogP contribution is 2.44. The molecule has 0 radical (unpaired) electrons. The number of aliphatic hydroxyl groups is 3. The van der Waals surface area contributed by atoms with E-state index in [4.69, 9.17) is 21.9 Å². The molecule has 1 aliphatic heterocycles. The first-order chi connectivity index (χ1) is 12.9. The van der Waals surface area contributed by atoms with Gasteiger partial charge in [0, 0.05) is 0 Å². The van der Waals surface area contributed by atoms with Gasteiger partial charge in [0.2, 0.25) is 5.85 Å². The summed E-state index contributed by atoms with van der Waals surface area (Å²) in [5.74, 6) is -1.73. The quantitative estimate of drug-likeness (QED) is 0.289. The predicted molar refractivity (Wildman–Crippen MR) is 97.0 cm³/mol. The van der Waals surface area contributed by atoms with Gasteiger partial charge in [-0.1, -0.05) is 19.3 Å². The Hall–Kier alpha value is -1.89. The molecule has 0 aromatic carbocycles. The van der Waals surface area contributed by atoms with Gasteiger partial charge in [0.05, 0.1) is 6.61 Å². The Morgan fingerprint density at radius 1 is 1.19 bits per heavy atom. The fourth-order valence-electron chi connectivity index (χ4n) is 3.63. The third-order valence-electron chi connectivity index (χ3n) is 5.20. The average Bonchev–Trinajstić information content (AvgIpc) is 3.17. The Bertz CT molecular complexity index is 787. The van der Waals surface area contributed by atoms with Crippen LogP contribution in [0.5, 0.6) is 0 Å². The van der Waals surface area contributed by atoms with Gasteiger partial charge in [0.1, 0.15) is 30.4 Å². The SMILES string of the molecule is NCCCCCC[C@@]1(O)[C@H](O)[C@@H](CO)O[C@@]1(N)n1cnc2c(N)ncnc21. The fourth-order valence-corrected chi connectivity index (χ4v) is 3.63. The molecule has 0 amide bonds. The number of ether oxygens (including phenoxy) is 1. The lowest BCUT2D eigenvalue weighted by molar-refractivity contribution is -0.194. The molecule has 4 atom stereocenters. The van der Waals surface area contributed by atoms with E-state index in [1.54, 1.807) is 0 Å². The largest absolute Gasteiger partial charge is 0.394 e. The maximum atomic E-state index is 11.4. The van der Waals surface area contributed by atoms with Crippen LogP contribution in [0.2, 0.25) is 0 Å². The molecule has 1 aliphatic rings. The first kappa shape index (κ1) is 19.9. The smallest absolute Gasteiger partial charge is 0.234 e. The van der Waals surface area contributed by atoms with Crippen LogP contribution in [0.4, 0.5) is 5.82 Å². The van der Waals surface area contributed by atoms with Crippen LogP contribution in [0.3, 0.4) is 0 Å². The number of anilines is 1. The van der Waals surface area contributed by atoms with Crippen molar-refractivity contribution in [3.63, 3.8) is 0 Å². The Balaban J connectivity index is 1.97. The summed E-state index contributed by atoms with van der Waals surface area (Å²) in [7, 11) is 0. The number of unbranched alkanes of at least 4 members (excludes halogenated alkanes) is 3. The highest BCUT2D eigenvalue weighted by molar-refractivity contribution is 5.81. The van der Waals surface area contributed by atoms with E-state index in [2.05, 4.69) is 15.0 Å². The number of fused-ring (bicyclic) bond motifs is 1. The number of hydrogen-bond donors (Lipinski definition) is 6. The van der Waals surface area contributed by atoms with Crippen molar-refractivity contribution in [1.29, 1.82) is 0 Å². The summed E-state index contributed by atoms with van der Waals surface area (Å²) in [5, 5.41) is 31.6. The molecule has 0 bridgehead atoms. The summed E-state index contributed by atoms with van der Waals surface area (Å²) in [6.07, 6.45) is 3.49. The monoisotopic (exact) mass is 381 g/mol. The van der Waals surface area contributed by atoms with Crippen molar-refractivity contribution in [3.05, 3.63) is 12.7 Å². The van der Waals surface area contributed by atoms with Crippen LogP contribution >= 0.6 is 0 Å². The lowest BCUT2D eigenvalue weighted by Gasteiger charge is -2.39. The molecule has 3 rings (SSSR count). The summed E-state index contributed by atoms with van der Waals surface area (Å²) < 4.78 is 7.06. The number of nitrogens with zero attached hydrogens (tertiary/aromatic N) is 4. The van der Waals surface area contributed by atoms with Crippen molar-refractivity contribution in [2.75, 3.05) is 18.9 Å². The highest BCUT2D eigenvalue weighted by Gasteiger charge is 2.64. The fraction of sp³-hybridized carbons (Fsp3) is 0.688. The first-order valence-electron chi connectivity index (χ1n) is 9.01. The minimum absolute atomic E-state index is 0.157. The Labute approximate surface area is 156 Å². The first-order valence-corrected chi connectivity index (χ1v) is 9.01. The molecule has 1 saturated heterocycles.